The molecule has 1 fully saturated rings. The molecule has 0 aromatic carbocycles. The van der Waals surface area contributed by atoms with Gasteiger partial charge in [-0.25, -0.2) is 0 Å². The lowest BCUT2D eigenvalue weighted by Gasteiger charge is -2.29. The van der Waals surface area contributed by atoms with E-state index in [-0.39, 0.29) is 0 Å². The minimum atomic E-state index is 0.408. The molecule has 4 heteroatoms. The van der Waals surface area contributed by atoms with Gasteiger partial charge < -0.3 is 10.1 Å². The van der Waals surface area contributed by atoms with E-state index in [1.54, 1.807) is 0 Å². The Morgan fingerprint density at radius 1 is 1.32 bits per heavy atom. The molecular weight excluding hydrogens is 304 g/mol. The molecule has 1 saturated carbocycles. The van der Waals surface area contributed by atoms with E-state index in [4.69, 9.17) is 4.74 Å². The summed E-state index contributed by atoms with van der Waals surface area (Å²) in [6, 6.07) is 4.72. The van der Waals surface area contributed by atoms with E-state index in [0.29, 0.717) is 18.8 Å². The van der Waals surface area contributed by atoms with Crippen LogP contribution in [0.1, 0.15) is 44.7 Å². The fraction of sp³-hybridized carbons (Fsp3) is 0.667. The van der Waals surface area contributed by atoms with Crippen LogP contribution in [0.2, 0.25) is 0 Å². The van der Waals surface area contributed by atoms with Crippen molar-refractivity contribution in [3.05, 3.63) is 28.5 Å². The highest BCUT2D eigenvalue weighted by Gasteiger charge is 2.20. The van der Waals surface area contributed by atoms with Crippen LogP contribution in [0.3, 0.4) is 0 Å². The zero-order valence-corrected chi connectivity index (χ0v) is 13.2. The number of rotatable bonds is 6. The van der Waals surface area contributed by atoms with Crippen LogP contribution in [0.4, 0.5) is 0 Å². The highest BCUT2D eigenvalue weighted by molar-refractivity contribution is 9.10. The van der Waals surface area contributed by atoms with Crippen molar-refractivity contribution in [2.45, 2.75) is 57.8 Å². The van der Waals surface area contributed by atoms with Crippen molar-refractivity contribution < 1.29 is 4.74 Å². The normalized spacial score (nSPS) is 23.5. The largest absolute Gasteiger partial charge is 0.372 e. The summed E-state index contributed by atoms with van der Waals surface area (Å²) in [5.41, 5.74) is 1.01. The number of ether oxygens (including phenoxy) is 1. The first kappa shape index (κ1) is 14.9. The second kappa shape index (κ2) is 7.98. The average Bonchev–Trinajstić information content (AvgIpc) is 2.46. The molecule has 1 aliphatic carbocycles. The molecule has 0 radical (unpaired) electrons. The zero-order valence-electron chi connectivity index (χ0n) is 11.6. The van der Waals surface area contributed by atoms with Crippen molar-refractivity contribution in [2.75, 3.05) is 6.54 Å². The quantitative estimate of drug-likeness (QED) is 0.866. The van der Waals surface area contributed by atoms with Gasteiger partial charge in [-0.05, 0) is 66.7 Å². The van der Waals surface area contributed by atoms with Crippen LogP contribution in [-0.2, 0) is 11.3 Å². The summed E-state index contributed by atoms with van der Waals surface area (Å²) in [5, 5.41) is 3.60. The Hall–Kier alpha value is -0.450. The van der Waals surface area contributed by atoms with Gasteiger partial charge in [0.05, 0.1) is 18.4 Å². The Labute approximate surface area is 124 Å². The summed E-state index contributed by atoms with van der Waals surface area (Å²) in [6.07, 6.45) is 8.24. The topological polar surface area (TPSA) is 34.1 Å². The molecule has 19 heavy (non-hydrogen) atoms. The van der Waals surface area contributed by atoms with Gasteiger partial charge in [0.1, 0.15) is 0 Å². The third kappa shape index (κ3) is 5.21. The van der Waals surface area contributed by atoms with Crippen molar-refractivity contribution in [1.82, 2.24) is 10.3 Å². The molecule has 0 amide bonds. The Morgan fingerprint density at radius 2 is 2.11 bits per heavy atom. The number of hydrogen-bond donors (Lipinski definition) is 1. The van der Waals surface area contributed by atoms with E-state index < -0.39 is 0 Å². The molecule has 0 saturated heterocycles. The van der Waals surface area contributed by atoms with Crippen LogP contribution in [0.25, 0.3) is 0 Å². The smallest absolute Gasteiger partial charge is 0.0891 e. The number of aromatic nitrogens is 1. The summed E-state index contributed by atoms with van der Waals surface area (Å²) >= 11 is 3.39. The molecule has 1 N–H and O–H groups in total. The van der Waals surface area contributed by atoms with Crippen molar-refractivity contribution in [2.24, 2.45) is 0 Å². The highest BCUT2D eigenvalue weighted by atomic mass is 79.9. The fourth-order valence-corrected chi connectivity index (χ4v) is 2.71. The lowest BCUT2D eigenvalue weighted by molar-refractivity contribution is 0.00983. The predicted octanol–water partition coefficient (Wildman–Crippen LogP) is 3.67. The fourth-order valence-electron chi connectivity index (χ4n) is 2.48. The number of halogens is 1. The molecule has 0 bridgehead atoms. The summed E-state index contributed by atoms with van der Waals surface area (Å²) in [6.45, 7) is 3.98. The molecule has 0 aliphatic heterocycles. The Balaban J connectivity index is 1.67. The number of nitrogens with one attached hydrogen (secondary N) is 1. The maximum atomic E-state index is 5.96. The van der Waals surface area contributed by atoms with Gasteiger partial charge in [-0.1, -0.05) is 6.92 Å². The van der Waals surface area contributed by atoms with Crippen LogP contribution < -0.4 is 5.32 Å². The van der Waals surface area contributed by atoms with E-state index in [1.807, 2.05) is 18.3 Å². The van der Waals surface area contributed by atoms with Gasteiger partial charge in [0.2, 0.25) is 0 Å². The molecule has 1 aromatic heterocycles. The number of nitrogens with zero attached hydrogens (tertiary/aromatic N) is 1. The summed E-state index contributed by atoms with van der Waals surface area (Å²) in [4.78, 5) is 4.33. The average molecular weight is 327 g/mol. The first-order valence-corrected chi connectivity index (χ1v) is 8.02. The van der Waals surface area contributed by atoms with Gasteiger partial charge in [-0.3, -0.25) is 4.98 Å². The van der Waals surface area contributed by atoms with E-state index in [9.17, 15) is 0 Å². The molecule has 1 heterocycles. The van der Waals surface area contributed by atoms with Gasteiger partial charge in [0, 0.05) is 16.7 Å². The number of hydrogen-bond acceptors (Lipinski definition) is 3. The lowest BCUT2D eigenvalue weighted by atomic mass is 9.93. The van der Waals surface area contributed by atoms with E-state index in [1.165, 1.54) is 19.3 Å². The highest BCUT2D eigenvalue weighted by Crippen LogP contribution is 2.22. The molecule has 106 valence electrons. The molecule has 1 aromatic rings. The molecule has 2 rings (SSSR count). The van der Waals surface area contributed by atoms with Crippen LogP contribution in [-0.4, -0.2) is 23.7 Å². The SMILES string of the molecule is CCCNC1CCC(OCc2ccc(Br)cn2)CC1. The predicted molar refractivity (Wildman–Crippen MR) is 81.1 cm³/mol. The molecule has 3 nitrogen and oxygen atoms in total. The Morgan fingerprint density at radius 3 is 2.74 bits per heavy atom. The first-order valence-electron chi connectivity index (χ1n) is 7.23. The third-order valence-electron chi connectivity index (χ3n) is 3.61. The third-order valence-corrected chi connectivity index (χ3v) is 4.08. The van der Waals surface area contributed by atoms with Crippen LogP contribution in [0, 0.1) is 0 Å². The number of pyridine rings is 1. The minimum absolute atomic E-state index is 0.408. The molecular formula is C15H23BrN2O. The van der Waals surface area contributed by atoms with Gasteiger partial charge >= 0.3 is 0 Å². The standard InChI is InChI=1S/C15H23BrN2O/c1-2-9-17-13-5-7-15(8-6-13)19-11-14-4-3-12(16)10-18-14/h3-4,10,13,15,17H,2,5-9,11H2,1H3. The summed E-state index contributed by atoms with van der Waals surface area (Å²) < 4.78 is 6.97. The summed E-state index contributed by atoms with van der Waals surface area (Å²) in [7, 11) is 0. The molecule has 0 unspecified atom stereocenters. The summed E-state index contributed by atoms with van der Waals surface area (Å²) in [5.74, 6) is 0. The maximum Gasteiger partial charge on any atom is 0.0891 e. The zero-order chi connectivity index (χ0) is 13.5. The van der Waals surface area contributed by atoms with Crippen LogP contribution in [0.15, 0.2) is 22.8 Å². The Bertz CT molecular complexity index is 361. The van der Waals surface area contributed by atoms with Crippen molar-refractivity contribution in [3.63, 3.8) is 0 Å². The monoisotopic (exact) mass is 326 g/mol. The van der Waals surface area contributed by atoms with Gasteiger partial charge in [-0.15, -0.1) is 0 Å². The minimum Gasteiger partial charge on any atom is -0.372 e. The first-order chi connectivity index (χ1) is 9.28. The van der Waals surface area contributed by atoms with Gasteiger partial charge in [0.15, 0.2) is 0 Å². The van der Waals surface area contributed by atoms with Gasteiger partial charge in [0.25, 0.3) is 0 Å². The van der Waals surface area contributed by atoms with Crippen LogP contribution in [0.5, 0.6) is 0 Å². The molecule has 0 spiro atoms. The molecule has 1 aliphatic rings. The molecule has 0 atom stereocenters. The van der Waals surface area contributed by atoms with E-state index in [2.05, 4.69) is 33.2 Å². The van der Waals surface area contributed by atoms with Crippen molar-refractivity contribution in [3.8, 4) is 0 Å². The Kier molecular flexibility index (Phi) is 6.28. The van der Waals surface area contributed by atoms with Crippen molar-refractivity contribution in [1.29, 1.82) is 0 Å². The van der Waals surface area contributed by atoms with E-state index in [0.717, 1.165) is 29.6 Å². The van der Waals surface area contributed by atoms with Crippen molar-refractivity contribution >= 4 is 15.9 Å². The maximum absolute atomic E-state index is 5.96. The van der Waals surface area contributed by atoms with Crippen LogP contribution >= 0.6 is 15.9 Å². The van der Waals surface area contributed by atoms with Gasteiger partial charge in [-0.2, -0.15) is 0 Å². The van der Waals surface area contributed by atoms with E-state index >= 15 is 0 Å². The second-order valence-electron chi connectivity index (χ2n) is 5.21. The lowest BCUT2D eigenvalue weighted by Crippen LogP contribution is -2.35. The second-order valence-corrected chi connectivity index (χ2v) is 6.12.